The van der Waals surface area contributed by atoms with Crippen molar-refractivity contribution in [2.45, 2.75) is 40.0 Å². The molecule has 188 valence electrons. The summed E-state index contributed by atoms with van der Waals surface area (Å²) in [6.45, 7) is 11.9. The number of ketones is 2. The van der Waals surface area contributed by atoms with Crippen LogP contribution in [-0.2, 0) is 4.12 Å². The van der Waals surface area contributed by atoms with Gasteiger partial charge in [0.25, 0.3) is 0 Å². The van der Waals surface area contributed by atoms with E-state index < -0.39 is 16.6 Å². The minimum Gasteiger partial charge on any atom is -0.449 e. The van der Waals surface area contributed by atoms with Gasteiger partial charge in [0.2, 0.25) is 16.6 Å². The minimum atomic E-state index is -2.59. The summed E-state index contributed by atoms with van der Waals surface area (Å²) in [5, 5.41) is 1.98. The molecule has 4 rings (SSSR count). The maximum absolute atomic E-state index is 12.7. The molecule has 0 aromatic heterocycles. The molecule has 0 spiro atoms. The van der Waals surface area contributed by atoms with Crippen LogP contribution in [0.5, 0.6) is 0 Å². The zero-order valence-corrected chi connectivity index (χ0v) is 24.5. The van der Waals surface area contributed by atoms with Crippen LogP contribution in [0, 0.1) is 0 Å². The van der Waals surface area contributed by atoms with Gasteiger partial charge in [0.05, 0.1) is 0 Å². The summed E-state index contributed by atoms with van der Waals surface area (Å²) in [7, 11) is -5.19. The van der Waals surface area contributed by atoms with Gasteiger partial charge in [0.1, 0.15) is 0 Å². The lowest BCUT2D eigenvalue weighted by atomic mass is 10.0. The minimum absolute atomic E-state index is 0.0359. The van der Waals surface area contributed by atoms with Crippen molar-refractivity contribution in [3.05, 3.63) is 108 Å². The van der Waals surface area contributed by atoms with Gasteiger partial charge in [0, 0.05) is 11.1 Å². The molecule has 0 heterocycles. The molecule has 0 aliphatic rings. The van der Waals surface area contributed by atoms with E-state index in [1.165, 1.54) is 0 Å². The maximum Gasteiger partial charge on any atom is 0.206 e. The number of rotatable bonds is 8. The molecule has 4 aromatic carbocycles. The predicted molar refractivity (Wildman–Crippen MR) is 159 cm³/mol. The van der Waals surface area contributed by atoms with E-state index in [1.54, 1.807) is 13.8 Å². The molecule has 0 fully saturated rings. The Morgan fingerprint density at radius 3 is 1.19 bits per heavy atom. The molecule has 0 aliphatic carbocycles. The molecule has 0 radical (unpaired) electrons. The molecule has 0 amide bonds. The Kier molecular flexibility index (Phi) is 7.60. The number of Topliss-reactive ketones (excluding diaryl/α,β-unsaturated/α-hetero) is 2. The van der Waals surface area contributed by atoms with E-state index in [4.69, 9.17) is 4.12 Å². The van der Waals surface area contributed by atoms with E-state index in [0.29, 0.717) is 11.1 Å². The third-order valence-electron chi connectivity index (χ3n) is 6.82. The van der Waals surface area contributed by atoms with E-state index in [9.17, 15) is 9.59 Å². The Balaban J connectivity index is 1.80. The maximum atomic E-state index is 12.7. The van der Waals surface area contributed by atoms with Crippen molar-refractivity contribution in [1.29, 1.82) is 0 Å². The molecule has 0 atom stereocenters. The molecule has 0 aliphatic heterocycles. The molecule has 3 nitrogen and oxygen atoms in total. The first-order valence-electron chi connectivity index (χ1n) is 12.6. The smallest absolute Gasteiger partial charge is 0.206 e. The molecule has 0 bridgehead atoms. The van der Waals surface area contributed by atoms with E-state index in [2.05, 4.69) is 62.6 Å². The molecule has 4 aromatic rings. The Bertz CT molecular complexity index is 1330. The summed E-state index contributed by atoms with van der Waals surface area (Å²) < 4.78 is 7.13. The highest BCUT2D eigenvalue weighted by molar-refractivity contribution is 6.97. The largest absolute Gasteiger partial charge is 0.449 e. The Labute approximate surface area is 222 Å². The van der Waals surface area contributed by atoms with Gasteiger partial charge in [-0.2, -0.15) is 0 Å². The summed E-state index contributed by atoms with van der Waals surface area (Å²) in [6, 6.07) is 32.6. The quantitative estimate of drug-likeness (QED) is 0.185. The summed E-state index contributed by atoms with van der Waals surface area (Å²) in [5.41, 5.74) is 5.78. The Morgan fingerprint density at radius 1 is 0.514 bits per heavy atom. The zero-order chi connectivity index (χ0) is 26.8. The van der Waals surface area contributed by atoms with Crippen LogP contribution < -0.4 is 10.4 Å². The number of carbonyl (C=O) groups excluding carboxylic acids is 2. The first-order valence-corrected chi connectivity index (χ1v) is 18.4. The van der Waals surface area contributed by atoms with Crippen LogP contribution in [-0.4, -0.2) is 28.2 Å². The van der Waals surface area contributed by atoms with Crippen LogP contribution in [0.3, 0.4) is 0 Å². The third-order valence-corrected chi connectivity index (χ3v) is 14.3. The summed E-state index contributed by atoms with van der Waals surface area (Å²) >= 11 is 0. The molecule has 37 heavy (non-hydrogen) atoms. The van der Waals surface area contributed by atoms with Crippen molar-refractivity contribution in [2.75, 3.05) is 0 Å². The van der Waals surface area contributed by atoms with Crippen LogP contribution in [0.4, 0.5) is 0 Å². The van der Waals surface area contributed by atoms with E-state index in [-0.39, 0.29) is 11.6 Å². The lowest BCUT2D eigenvalue weighted by Crippen LogP contribution is -2.59. The summed E-state index contributed by atoms with van der Waals surface area (Å²) in [4.78, 5) is 25.3. The third kappa shape index (κ3) is 5.80. The second-order valence-corrected chi connectivity index (χ2v) is 18.4. The molecule has 0 saturated carbocycles. The number of hydrogen-bond acceptors (Lipinski definition) is 3. The Hall–Kier alpha value is -3.39. The number of carbonyl (C=O) groups is 2. The fourth-order valence-corrected chi connectivity index (χ4v) is 13.9. The van der Waals surface area contributed by atoms with Gasteiger partial charge in [-0.3, -0.25) is 9.59 Å². The van der Waals surface area contributed by atoms with E-state index >= 15 is 0 Å². The first kappa shape index (κ1) is 26.7. The molecule has 0 saturated heterocycles. The van der Waals surface area contributed by atoms with Gasteiger partial charge in [0.15, 0.2) is 11.6 Å². The van der Waals surface area contributed by atoms with Gasteiger partial charge in [-0.15, -0.1) is 0 Å². The van der Waals surface area contributed by atoms with Gasteiger partial charge < -0.3 is 4.12 Å². The standard InChI is InChI=1S/C32H34O3Si2/c1-23(33)29-19-17-27(25-13-9-7-10-14-25)21-31(29)36(3,4)35-37(5,6)32-22-28(18-20-30(32)24(2)34)26-15-11-8-12-16-26/h7-22H,1-6H3. The van der Waals surface area contributed by atoms with Crippen LogP contribution >= 0.6 is 0 Å². The Morgan fingerprint density at radius 2 is 0.865 bits per heavy atom. The average molecular weight is 523 g/mol. The molecule has 5 heteroatoms. The number of hydrogen-bond donors (Lipinski definition) is 0. The van der Waals surface area contributed by atoms with Crippen molar-refractivity contribution in [3.63, 3.8) is 0 Å². The van der Waals surface area contributed by atoms with E-state index in [0.717, 1.165) is 32.6 Å². The van der Waals surface area contributed by atoms with Gasteiger partial charge in [-0.1, -0.05) is 97.1 Å². The van der Waals surface area contributed by atoms with Crippen LogP contribution in [0.1, 0.15) is 34.6 Å². The van der Waals surface area contributed by atoms with Crippen molar-refractivity contribution in [3.8, 4) is 22.3 Å². The SMILES string of the molecule is CC(=O)c1ccc(-c2ccccc2)cc1[Si](C)(C)O[Si](C)(C)c1cc(-c2ccccc2)ccc1C(C)=O. The van der Waals surface area contributed by atoms with Crippen molar-refractivity contribution < 1.29 is 13.7 Å². The highest BCUT2D eigenvalue weighted by Crippen LogP contribution is 2.25. The first-order chi connectivity index (χ1) is 17.5. The highest BCUT2D eigenvalue weighted by atomic mass is 28.4. The number of benzene rings is 4. The predicted octanol–water partition coefficient (Wildman–Crippen LogP) is 6.97. The molecule has 0 N–H and O–H groups in total. The molecular formula is C32H34O3Si2. The molecule has 0 unspecified atom stereocenters. The van der Waals surface area contributed by atoms with Crippen molar-refractivity contribution >= 4 is 38.6 Å². The normalized spacial score (nSPS) is 11.8. The summed E-state index contributed by atoms with van der Waals surface area (Å²) in [5.74, 6) is 0.0718. The summed E-state index contributed by atoms with van der Waals surface area (Å²) in [6.07, 6.45) is 0. The lowest BCUT2D eigenvalue weighted by molar-refractivity contribution is 0.101. The zero-order valence-electron chi connectivity index (χ0n) is 22.5. The fourth-order valence-electron chi connectivity index (χ4n) is 5.07. The van der Waals surface area contributed by atoms with Crippen LogP contribution in [0.25, 0.3) is 22.3 Å². The second kappa shape index (κ2) is 10.5. The highest BCUT2D eigenvalue weighted by Gasteiger charge is 2.39. The lowest BCUT2D eigenvalue weighted by Gasteiger charge is -2.36. The van der Waals surface area contributed by atoms with Gasteiger partial charge >= 0.3 is 0 Å². The topological polar surface area (TPSA) is 43.4 Å². The average Bonchev–Trinajstić information content (AvgIpc) is 2.88. The van der Waals surface area contributed by atoms with Crippen LogP contribution in [0.2, 0.25) is 26.2 Å². The van der Waals surface area contributed by atoms with Crippen LogP contribution in [0.15, 0.2) is 97.1 Å². The monoisotopic (exact) mass is 522 g/mol. The van der Waals surface area contributed by atoms with E-state index in [1.807, 2.05) is 60.7 Å². The second-order valence-electron chi connectivity index (χ2n) is 10.5. The fraction of sp³-hybridized carbons (Fsp3) is 0.188. The van der Waals surface area contributed by atoms with Crippen molar-refractivity contribution in [1.82, 2.24) is 0 Å². The van der Waals surface area contributed by atoms with Gasteiger partial charge in [-0.05, 0) is 72.7 Å². The van der Waals surface area contributed by atoms with Gasteiger partial charge in [-0.25, -0.2) is 0 Å². The van der Waals surface area contributed by atoms with Crippen molar-refractivity contribution in [2.24, 2.45) is 0 Å². The molecular weight excluding hydrogens is 489 g/mol.